The largest absolute Gasteiger partial charge is 0.457 e. The predicted octanol–water partition coefficient (Wildman–Crippen LogP) is 15.0. The molecule has 2 aromatic heterocycles. The molecule has 0 aliphatic carbocycles. The lowest BCUT2D eigenvalue weighted by atomic mass is 9.95. The smallest absolute Gasteiger partial charge is 0.129 e. The Labute approximate surface area is 355 Å². The zero-order valence-electron chi connectivity index (χ0n) is 33.5. The van der Waals surface area contributed by atoms with E-state index in [0.29, 0.717) is 0 Å². The fourth-order valence-corrected chi connectivity index (χ4v) is 7.98. The normalized spacial score (nSPS) is 11.3. The third kappa shape index (κ3) is 7.74. The summed E-state index contributed by atoms with van der Waals surface area (Å²) in [7, 11) is 0. The summed E-state index contributed by atoms with van der Waals surface area (Å²) in [4.78, 5) is 9.15. The Morgan fingerprint density at radius 3 is 1.87 bits per heavy atom. The molecule has 6 nitrogen and oxygen atoms in total. The van der Waals surface area contributed by atoms with Crippen LogP contribution in [0.3, 0.4) is 0 Å². The maximum absolute atomic E-state index is 6.59. The van der Waals surface area contributed by atoms with Gasteiger partial charge in [0.2, 0.25) is 0 Å². The lowest BCUT2D eigenvalue weighted by Crippen LogP contribution is -2.00. The molecule has 0 amide bonds. The van der Waals surface area contributed by atoms with Gasteiger partial charge in [-0.2, -0.15) is 0 Å². The summed E-state index contributed by atoms with van der Waals surface area (Å²) in [6, 6.07) is 69.0. The zero-order valence-corrected chi connectivity index (χ0v) is 33.5. The minimum absolute atomic E-state index is 0.719. The van der Waals surface area contributed by atoms with Crippen molar-refractivity contribution in [2.24, 2.45) is 4.99 Å². The van der Waals surface area contributed by atoms with Gasteiger partial charge in [-0.1, -0.05) is 121 Å². The van der Waals surface area contributed by atoms with Crippen LogP contribution in [0, 0.1) is 6.92 Å². The molecule has 0 saturated heterocycles. The second-order valence-corrected chi connectivity index (χ2v) is 14.9. The molecular formula is C55H41N5O. The monoisotopic (exact) mass is 787 g/mol. The number of nitrogens with zero attached hydrogens (tertiary/aromatic N) is 3. The van der Waals surface area contributed by atoms with E-state index < -0.39 is 0 Å². The molecule has 0 aliphatic heterocycles. The van der Waals surface area contributed by atoms with E-state index in [2.05, 4.69) is 185 Å². The molecule has 6 heteroatoms. The van der Waals surface area contributed by atoms with Crippen LogP contribution in [0.1, 0.15) is 5.56 Å². The van der Waals surface area contributed by atoms with Gasteiger partial charge in [-0.15, -0.1) is 0 Å². The number of para-hydroxylation sites is 4. The Kier molecular flexibility index (Phi) is 10.1. The molecule has 0 fully saturated rings. The molecule has 0 radical (unpaired) electrons. The number of hydrogen-bond acceptors (Lipinski definition) is 5. The summed E-state index contributed by atoms with van der Waals surface area (Å²) in [5, 5.41) is 9.80. The van der Waals surface area contributed by atoms with Crippen molar-refractivity contribution in [1.82, 2.24) is 9.55 Å². The molecule has 10 aromatic rings. The second-order valence-electron chi connectivity index (χ2n) is 14.9. The van der Waals surface area contributed by atoms with Crippen molar-refractivity contribution in [3.8, 4) is 44.9 Å². The average molecular weight is 788 g/mol. The molecule has 8 aromatic carbocycles. The van der Waals surface area contributed by atoms with Gasteiger partial charge in [0.05, 0.1) is 33.8 Å². The van der Waals surface area contributed by atoms with Gasteiger partial charge in [-0.25, -0.2) is 4.99 Å². The van der Waals surface area contributed by atoms with E-state index in [1.54, 1.807) is 0 Å². The number of hydrogen-bond donors (Lipinski definition) is 2. The number of aliphatic imine (C=N–C) groups is 1. The van der Waals surface area contributed by atoms with Gasteiger partial charge in [-0.3, -0.25) is 9.55 Å². The van der Waals surface area contributed by atoms with Crippen molar-refractivity contribution < 1.29 is 4.74 Å². The van der Waals surface area contributed by atoms with Crippen LogP contribution in [0.2, 0.25) is 0 Å². The average Bonchev–Trinajstić information content (AvgIpc) is 3.62. The van der Waals surface area contributed by atoms with Crippen LogP contribution < -0.4 is 15.4 Å². The van der Waals surface area contributed by atoms with E-state index in [0.717, 1.165) is 101 Å². The van der Waals surface area contributed by atoms with E-state index >= 15 is 0 Å². The Bertz CT molecular complexity index is 3120. The van der Waals surface area contributed by atoms with Crippen molar-refractivity contribution in [2.75, 3.05) is 10.6 Å². The fraction of sp³-hybridized carbons (Fsp3) is 0.0182. The molecule has 0 unspecified atom stereocenters. The molecule has 2 N–H and O–H groups in total. The van der Waals surface area contributed by atoms with Gasteiger partial charge in [0.25, 0.3) is 0 Å². The number of aryl methyl sites for hydroxylation is 1. The number of pyridine rings is 1. The Morgan fingerprint density at radius 1 is 0.492 bits per heavy atom. The van der Waals surface area contributed by atoms with Crippen LogP contribution in [0.15, 0.2) is 218 Å². The van der Waals surface area contributed by atoms with Crippen LogP contribution >= 0.6 is 0 Å². The van der Waals surface area contributed by atoms with Crippen LogP contribution in [0.4, 0.5) is 28.4 Å². The van der Waals surface area contributed by atoms with E-state index in [1.807, 2.05) is 61.2 Å². The highest BCUT2D eigenvalue weighted by atomic mass is 16.5. The summed E-state index contributed by atoms with van der Waals surface area (Å²) in [5.41, 5.74) is 14.7. The first-order valence-corrected chi connectivity index (χ1v) is 20.4. The third-order valence-corrected chi connectivity index (χ3v) is 11.0. The number of nitrogens with one attached hydrogen (secondary N) is 2. The molecule has 0 spiro atoms. The SMILES string of the molecule is Cc1cc(-c2ccncc2)ccc1N=Cn1c2ccccc2c2ccc(Oc3cccc(Nc4ccccc4Nc4c(-c5ccccc5)cccc4-c4ccccc4)c3)cc21. The Balaban J connectivity index is 0.937. The quantitative estimate of drug-likeness (QED) is 0.101. The minimum Gasteiger partial charge on any atom is -0.457 e. The highest BCUT2D eigenvalue weighted by Crippen LogP contribution is 2.41. The van der Waals surface area contributed by atoms with E-state index in [9.17, 15) is 0 Å². The number of benzene rings is 8. The number of rotatable bonds is 11. The molecule has 0 aliphatic rings. The van der Waals surface area contributed by atoms with Crippen LogP contribution in [-0.4, -0.2) is 15.9 Å². The lowest BCUT2D eigenvalue weighted by molar-refractivity contribution is 0.483. The molecule has 61 heavy (non-hydrogen) atoms. The first kappa shape index (κ1) is 37.1. The Morgan fingerprint density at radius 2 is 1.13 bits per heavy atom. The summed E-state index contributed by atoms with van der Waals surface area (Å²) in [5.74, 6) is 1.45. The van der Waals surface area contributed by atoms with Gasteiger partial charge in [0, 0.05) is 52.1 Å². The van der Waals surface area contributed by atoms with Gasteiger partial charge >= 0.3 is 0 Å². The van der Waals surface area contributed by atoms with Gasteiger partial charge in [0.1, 0.15) is 17.8 Å². The number of aromatic nitrogens is 2. The first-order valence-electron chi connectivity index (χ1n) is 20.4. The van der Waals surface area contributed by atoms with Gasteiger partial charge < -0.3 is 15.4 Å². The molecule has 0 atom stereocenters. The summed E-state index contributed by atoms with van der Waals surface area (Å²) < 4.78 is 8.74. The number of anilines is 4. The highest BCUT2D eigenvalue weighted by Gasteiger charge is 2.15. The number of fused-ring (bicyclic) bond motifs is 3. The van der Waals surface area contributed by atoms with E-state index in [-0.39, 0.29) is 0 Å². The molecule has 2 heterocycles. The number of ether oxygens (including phenoxy) is 1. The Hall–Kier alpha value is -8.22. The fourth-order valence-electron chi connectivity index (χ4n) is 7.98. The van der Waals surface area contributed by atoms with Crippen LogP contribution in [0.5, 0.6) is 11.5 Å². The standard InChI is InChI=1S/C55H41N5O/c1-38-34-42(39-30-32-56-33-31-39)26-29-50(38)57-37-60-53-25-11-8-20-48(53)49-28-27-45(36-54(49)60)61-44-19-12-18-43(35-44)58-51-23-9-10-24-52(51)59-55-46(40-14-4-2-5-15-40)21-13-22-47(55)41-16-6-3-7-17-41/h2-37,58-59H,1H3. The van der Waals surface area contributed by atoms with Crippen molar-refractivity contribution in [3.05, 3.63) is 218 Å². The van der Waals surface area contributed by atoms with Crippen molar-refractivity contribution >= 4 is 56.6 Å². The summed E-state index contributed by atoms with van der Waals surface area (Å²) in [6.45, 7) is 2.10. The van der Waals surface area contributed by atoms with Gasteiger partial charge in [0.15, 0.2) is 0 Å². The third-order valence-electron chi connectivity index (χ3n) is 11.0. The minimum atomic E-state index is 0.719. The maximum Gasteiger partial charge on any atom is 0.129 e. The van der Waals surface area contributed by atoms with Crippen LogP contribution in [-0.2, 0) is 0 Å². The first-order chi connectivity index (χ1) is 30.1. The zero-order chi connectivity index (χ0) is 41.0. The van der Waals surface area contributed by atoms with Crippen molar-refractivity contribution in [2.45, 2.75) is 6.92 Å². The molecular weight excluding hydrogens is 747 g/mol. The topological polar surface area (TPSA) is 63.5 Å². The second kappa shape index (κ2) is 16.6. The molecule has 0 saturated carbocycles. The van der Waals surface area contributed by atoms with E-state index in [4.69, 9.17) is 9.73 Å². The molecule has 292 valence electrons. The highest BCUT2D eigenvalue weighted by molar-refractivity contribution is 6.11. The summed E-state index contributed by atoms with van der Waals surface area (Å²) >= 11 is 0. The maximum atomic E-state index is 6.59. The van der Waals surface area contributed by atoms with E-state index in [1.165, 1.54) is 0 Å². The van der Waals surface area contributed by atoms with Crippen LogP contribution in [0.25, 0.3) is 55.2 Å². The van der Waals surface area contributed by atoms with Crippen molar-refractivity contribution in [1.29, 1.82) is 0 Å². The van der Waals surface area contributed by atoms with Crippen molar-refractivity contribution in [3.63, 3.8) is 0 Å². The molecule has 0 bridgehead atoms. The summed E-state index contributed by atoms with van der Waals surface area (Å²) in [6.07, 6.45) is 5.55. The predicted molar refractivity (Wildman–Crippen MR) is 254 cm³/mol. The molecule has 10 rings (SSSR count). The van der Waals surface area contributed by atoms with Gasteiger partial charge in [-0.05, 0) is 101 Å². The lowest BCUT2D eigenvalue weighted by Gasteiger charge is -2.20.